The summed E-state index contributed by atoms with van der Waals surface area (Å²) in [5, 5.41) is 4.35. The molecule has 3 aromatic carbocycles. The van der Waals surface area contributed by atoms with Gasteiger partial charge in [-0.1, -0.05) is 47.6 Å². The van der Waals surface area contributed by atoms with Crippen LogP contribution >= 0.6 is 0 Å². The van der Waals surface area contributed by atoms with E-state index < -0.39 is 16.7 Å². The Morgan fingerprint density at radius 3 is 2.42 bits per heavy atom. The van der Waals surface area contributed by atoms with Crippen molar-refractivity contribution in [2.45, 2.75) is 25.8 Å². The topological polar surface area (TPSA) is 73.4 Å². The van der Waals surface area contributed by atoms with E-state index >= 15 is 4.39 Å². The molecule has 0 bridgehead atoms. The zero-order valence-corrected chi connectivity index (χ0v) is 22.2. The first-order valence-electron chi connectivity index (χ1n) is 13.2. The molecular formula is C31H28F2N4O3. The van der Waals surface area contributed by atoms with Crippen LogP contribution in [0.15, 0.2) is 82.2 Å². The molecule has 0 unspecified atom stereocenters. The quantitative estimate of drug-likeness (QED) is 0.281. The molecule has 5 aromatic rings. The minimum absolute atomic E-state index is 0.122. The molecule has 0 N–H and O–H groups in total. The minimum Gasteiger partial charge on any atom is -0.378 e. The fourth-order valence-corrected chi connectivity index (χ4v) is 5.09. The molecule has 0 radical (unpaired) electrons. The molecule has 1 saturated heterocycles. The molecule has 3 heterocycles. The summed E-state index contributed by atoms with van der Waals surface area (Å²) in [6, 6.07) is 18.9. The number of hydrogen-bond donors (Lipinski definition) is 0. The molecule has 40 heavy (non-hydrogen) atoms. The average Bonchev–Trinajstić information content (AvgIpc) is 3.48. The fraction of sp³-hybridized carbons (Fsp3) is 0.258. The molecule has 1 fully saturated rings. The zero-order chi connectivity index (χ0) is 27.9. The van der Waals surface area contributed by atoms with Crippen molar-refractivity contribution in [1.29, 1.82) is 0 Å². The number of anilines is 1. The van der Waals surface area contributed by atoms with E-state index in [9.17, 15) is 9.18 Å². The number of pyridine rings is 1. The normalized spacial score (nSPS) is 14.2. The second-order valence-electron chi connectivity index (χ2n) is 10.5. The Morgan fingerprint density at radius 2 is 1.70 bits per heavy atom. The van der Waals surface area contributed by atoms with Crippen LogP contribution in [-0.2, 0) is 16.7 Å². The fourth-order valence-electron chi connectivity index (χ4n) is 5.09. The molecule has 0 atom stereocenters. The van der Waals surface area contributed by atoms with Gasteiger partial charge in [-0.15, -0.1) is 0 Å². The van der Waals surface area contributed by atoms with Crippen molar-refractivity contribution < 1.29 is 18.0 Å². The van der Waals surface area contributed by atoms with Crippen molar-refractivity contribution in [3.63, 3.8) is 0 Å². The Kier molecular flexibility index (Phi) is 6.67. The zero-order valence-electron chi connectivity index (χ0n) is 22.2. The standard InChI is InChI=1S/C31H28F2N4O3/c1-31(2,21-6-4-3-5-7-21)30-34-29(35-40-30)24-19-37(18-20-8-10-22(32)11-9-20)26-17-27(36-12-14-39-15-13-36)25(33)16-23(26)28(24)38/h3-11,16-17,19H,12-15,18H2,1-2H3. The maximum atomic E-state index is 15.4. The second kappa shape index (κ2) is 10.3. The molecule has 9 heteroatoms. The van der Waals surface area contributed by atoms with Gasteiger partial charge in [0.1, 0.15) is 11.6 Å². The second-order valence-corrected chi connectivity index (χ2v) is 10.5. The highest BCUT2D eigenvalue weighted by Crippen LogP contribution is 2.32. The average molecular weight is 543 g/mol. The number of rotatable bonds is 6. The van der Waals surface area contributed by atoms with Gasteiger partial charge in [0.25, 0.3) is 0 Å². The summed E-state index contributed by atoms with van der Waals surface area (Å²) in [6.45, 7) is 6.34. The predicted octanol–water partition coefficient (Wildman–Crippen LogP) is 5.54. The molecule has 0 aliphatic carbocycles. The van der Waals surface area contributed by atoms with Crippen molar-refractivity contribution in [3.8, 4) is 11.4 Å². The van der Waals surface area contributed by atoms with Gasteiger partial charge >= 0.3 is 0 Å². The van der Waals surface area contributed by atoms with Crippen LogP contribution in [-0.4, -0.2) is 41.0 Å². The monoisotopic (exact) mass is 542 g/mol. The van der Waals surface area contributed by atoms with Crippen molar-refractivity contribution in [2.24, 2.45) is 0 Å². The third kappa shape index (κ3) is 4.77. The first kappa shape index (κ1) is 25.9. The number of hydrogen-bond acceptors (Lipinski definition) is 6. The summed E-state index contributed by atoms with van der Waals surface area (Å²) in [6.07, 6.45) is 1.67. The smallest absolute Gasteiger partial charge is 0.237 e. The van der Waals surface area contributed by atoms with Crippen LogP contribution in [0.2, 0.25) is 0 Å². The van der Waals surface area contributed by atoms with Crippen molar-refractivity contribution in [2.75, 3.05) is 31.2 Å². The highest BCUT2D eigenvalue weighted by molar-refractivity contribution is 5.86. The van der Waals surface area contributed by atoms with Crippen LogP contribution in [0.25, 0.3) is 22.3 Å². The lowest BCUT2D eigenvalue weighted by Gasteiger charge is -2.29. The van der Waals surface area contributed by atoms with E-state index in [-0.39, 0.29) is 22.6 Å². The Morgan fingerprint density at radius 1 is 0.975 bits per heavy atom. The van der Waals surface area contributed by atoms with Gasteiger partial charge in [0.2, 0.25) is 17.1 Å². The lowest BCUT2D eigenvalue weighted by atomic mass is 9.84. The SMILES string of the molecule is CC(C)(c1ccccc1)c1nc(-c2cn(Cc3ccc(F)cc3)c3cc(N4CCOCC4)c(F)cc3c2=O)no1. The number of nitrogens with zero attached hydrogens (tertiary/aromatic N) is 4. The highest BCUT2D eigenvalue weighted by atomic mass is 19.1. The molecule has 204 valence electrons. The van der Waals surface area contributed by atoms with Crippen molar-refractivity contribution >= 4 is 16.6 Å². The Labute approximate surface area is 229 Å². The molecule has 0 amide bonds. The largest absolute Gasteiger partial charge is 0.378 e. The van der Waals surface area contributed by atoms with E-state index in [4.69, 9.17) is 9.26 Å². The Balaban J connectivity index is 1.49. The lowest BCUT2D eigenvalue weighted by Crippen LogP contribution is -2.36. The predicted molar refractivity (Wildman–Crippen MR) is 149 cm³/mol. The number of ether oxygens (including phenoxy) is 1. The number of benzene rings is 3. The summed E-state index contributed by atoms with van der Waals surface area (Å²) in [5.41, 5.74) is 1.94. The van der Waals surface area contributed by atoms with Crippen LogP contribution in [0, 0.1) is 11.6 Å². The van der Waals surface area contributed by atoms with E-state index in [1.54, 1.807) is 24.4 Å². The van der Waals surface area contributed by atoms with Gasteiger partial charge in [-0.05, 0) is 49.2 Å². The molecule has 6 rings (SSSR count). The van der Waals surface area contributed by atoms with Crippen LogP contribution in [0.3, 0.4) is 0 Å². The number of fused-ring (bicyclic) bond motifs is 1. The van der Waals surface area contributed by atoms with Gasteiger partial charge in [-0.3, -0.25) is 4.79 Å². The highest BCUT2D eigenvalue weighted by Gasteiger charge is 2.31. The summed E-state index contributed by atoms with van der Waals surface area (Å²) in [5.74, 6) is -0.356. The summed E-state index contributed by atoms with van der Waals surface area (Å²) in [4.78, 5) is 20.3. The van der Waals surface area contributed by atoms with Crippen LogP contribution in [0.4, 0.5) is 14.5 Å². The first-order chi connectivity index (χ1) is 19.3. The Bertz CT molecular complexity index is 1720. The molecule has 7 nitrogen and oxygen atoms in total. The number of halogens is 2. The molecule has 0 saturated carbocycles. The van der Waals surface area contributed by atoms with Gasteiger partial charge in [-0.25, -0.2) is 8.78 Å². The lowest BCUT2D eigenvalue weighted by molar-refractivity contribution is 0.122. The summed E-state index contributed by atoms with van der Waals surface area (Å²) >= 11 is 0. The Hall–Kier alpha value is -4.37. The number of morpholine rings is 1. The van der Waals surface area contributed by atoms with E-state index in [2.05, 4.69) is 10.1 Å². The molecule has 2 aromatic heterocycles. The number of aromatic nitrogens is 3. The van der Waals surface area contributed by atoms with E-state index in [1.165, 1.54) is 18.2 Å². The van der Waals surface area contributed by atoms with Gasteiger partial charge in [0, 0.05) is 31.2 Å². The summed E-state index contributed by atoms with van der Waals surface area (Å²) in [7, 11) is 0. The molecule has 1 aliphatic rings. The van der Waals surface area contributed by atoms with Crippen LogP contribution in [0.1, 0.15) is 30.9 Å². The van der Waals surface area contributed by atoms with Crippen molar-refractivity contribution in [3.05, 3.63) is 112 Å². The van der Waals surface area contributed by atoms with E-state index in [0.29, 0.717) is 49.9 Å². The van der Waals surface area contributed by atoms with Gasteiger partial charge in [-0.2, -0.15) is 4.98 Å². The van der Waals surface area contributed by atoms with E-state index in [1.807, 2.05) is 53.6 Å². The minimum atomic E-state index is -0.602. The first-order valence-corrected chi connectivity index (χ1v) is 13.2. The maximum absolute atomic E-state index is 15.4. The molecule has 1 aliphatic heterocycles. The summed E-state index contributed by atoms with van der Waals surface area (Å²) < 4.78 is 42.0. The van der Waals surface area contributed by atoms with Gasteiger partial charge < -0.3 is 18.7 Å². The third-order valence-electron chi connectivity index (χ3n) is 7.46. The molecule has 0 spiro atoms. The van der Waals surface area contributed by atoms with Crippen molar-refractivity contribution in [1.82, 2.24) is 14.7 Å². The van der Waals surface area contributed by atoms with Gasteiger partial charge in [0.15, 0.2) is 0 Å². The van der Waals surface area contributed by atoms with E-state index in [0.717, 1.165) is 11.1 Å². The van der Waals surface area contributed by atoms with Crippen LogP contribution in [0.5, 0.6) is 0 Å². The van der Waals surface area contributed by atoms with Gasteiger partial charge in [0.05, 0.1) is 35.4 Å². The maximum Gasteiger partial charge on any atom is 0.237 e. The van der Waals surface area contributed by atoms with Crippen LogP contribution < -0.4 is 10.3 Å². The third-order valence-corrected chi connectivity index (χ3v) is 7.46. The molecular weight excluding hydrogens is 514 g/mol.